The van der Waals surface area contributed by atoms with Crippen molar-refractivity contribution in [1.82, 2.24) is 30.2 Å². The maximum absolute atomic E-state index is 12.6. The van der Waals surface area contributed by atoms with Crippen molar-refractivity contribution < 1.29 is 90.1 Å². The summed E-state index contributed by atoms with van der Waals surface area (Å²) in [4.78, 5) is 96.3. The first kappa shape index (κ1) is 45.8. The molecule has 2 aromatic rings. The second-order valence-electron chi connectivity index (χ2n) is 12.2. The zero-order valence-corrected chi connectivity index (χ0v) is 31.6. The summed E-state index contributed by atoms with van der Waals surface area (Å²) in [5.41, 5.74) is 4.15. The van der Waals surface area contributed by atoms with Gasteiger partial charge >= 0.3 is 35.5 Å². The van der Waals surface area contributed by atoms with Crippen LogP contribution in [0.15, 0.2) is 12.7 Å². The Kier molecular flexibility index (Phi) is 15.5. The number of nitrogens with zero attached hydrogens (tertiary/aromatic N) is 5. The monoisotopic (exact) mass is 852 g/mol. The van der Waals surface area contributed by atoms with Crippen molar-refractivity contribution in [2.75, 3.05) is 38.6 Å². The lowest BCUT2D eigenvalue weighted by Gasteiger charge is -2.30. The topological polar surface area (TPSA) is 416 Å². The molecule has 1 aliphatic rings. The SMILES string of the molecule is CC(C(=O)OCCNC(=O)CCNC(=O)[C@H](O)C(C)(C)COP(=O)(O)OP(=O)(O)OC[C@H]1O[C@@H](n2cnc3c(N)ncnc32)[C@H](O)[C@@H]1OP(=O)(O)O)[N+](=O)[O-]. The van der Waals surface area contributed by atoms with Crippen molar-refractivity contribution in [2.24, 2.45) is 5.41 Å². The molecular weight excluding hydrogens is 813 g/mol. The van der Waals surface area contributed by atoms with E-state index in [2.05, 4.69) is 39.2 Å². The summed E-state index contributed by atoms with van der Waals surface area (Å²) >= 11 is 0. The molecule has 2 amide bonds. The van der Waals surface area contributed by atoms with Crippen molar-refractivity contribution in [3.05, 3.63) is 22.8 Å². The van der Waals surface area contributed by atoms with Gasteiger partial charge in [-0.2, -0.15) is 4.31 Å². The van der Waals surface area contributed by atoms with Crippen molar-refractivity contribution in [3.63, 3.8) is 0 Å². The normalized spacial score (nSPS) is 22.3. The van der Waals surface area contributed by atoms with Crippen LogP contribution in [-0.4, -0.2) is 135 Å². The third-order valence-corrected chi connectivity index (χ3v) is 10.5. The van der Waals surface area contributed by atoms with E-state index in [0.717, 1.165) is 24.1 Å². The molecule has 10 N–H and O–H groups in total. The molecule has 3 rings (SSSR count). The Hall–Kier alpha value is -3.59. The third-order valence-electron chi connectivity index (χ3n) is 7.40. The molecule has 1 saturated heterocycles. The number of imidazole rings is 1. The van der Waals surface area contributed by atoms with Gasteiger partial charge in [0.05, 0.1) is 26.1 Å². The summed E-state index contributed by atoms with van der Waals surface area (Å²) in [6.45, 7) is 0.469. The zero-order chi connectivity index (χ0) is 41.5. The molecule has 0 saturated carbocycles. The van der Waals surface area contributed by atoms with Crippen LogP contribution in [0.3, 0.4) is 0 Å². The van der Waals surface area contributed by atoms with Gasteiger partial charge in [0.15, 0.2) is 17.7 Å². The molecule has 3 heterocycles. The summed E-state index contributed by atoms with van der Waals surface area (Å²) in [5.74, 6) is -2.84. The largest absolute Gasteiger partial charge is 0.481 e. The Labute approximate surface area is 309 Å². The third kappa shape index (κ3) is 13.3. The highest BCUT2D eigenvalue weighted by Gasteiger charge is 2.50. The second-order valence-corrected chi connectivity index (χ2v) is 16.4. The fourth-order valence-corrected chi connectivity index (χ4v) is 7.32. The van der Waals surface area contributed by atoms with Crippen LogP contribution in [0, 0.1) is 15.5 Å². The van der Waals surface area contributed by atoms with Gasteiger partial charge in [-0.15, -0.1) is 0 Å². The Balaban J connectivity index is 1.50. The Morgan fingerprint density at radius 3 is 2.38 bits per heavy atom. The highest BCUT2D eigenvalue weighted by atomic mass is 31.3. The lowest BCUT2D eigenvalue weighted by atomic mass is 9.87. The Morgan fingerprint density at radius 2 is 1.75 bits per heavy atom. The van der Waals surface area contributed by atoms with Crippen molar-refractivity contribution in [3.8, 4) is 0 Å². The van der Waals surface area contributed by atoms with Crippen molar-refractivity contribution in [2.45, 2.75) is 63.9 Å². The molecule has 0 aromatic carbocycles. The van der Waals surface area contributed by atoms with Crippen LogP contribution in [0.4, 0.5) is 5.82 Å². The fraction of sp³-hybridized carbons (Fsp3) is 0.667. The molecule has 1 fully saturated rings. The summed E-state index contributed by atoms with van der Waals surface area (Å²) in [5, 5.41) is 36.5. The number of hydrogen-bond donors (Lipinski definition) is 9. The van der Waals surface area contributed by atoms with Gasteiger partial charge in [0, 0.05) is 30.2 Å². The molecule has 0 bridgehead atoms. The molecule has 0 spiro atoms. The number of fused-ring (bicyclic) bond motifs is 1. The molecule has 0 radical (unpaired) electrons. The van der Waals surface area contributed by atoms with E-state index in [1.165, 1.54) is 13.8 Å². The maximum Gasteiger partial charge on any atom is 0.481 e. The van der Waals surface area contributed by atoms with E-state index in [0.29, 0.717) is 0 Å². The minimum Gasteiger partial charge on any atom is -0.459 e. The molecule has 3 unspecified atom stereocenters. The second kappa shape index (κ2) is 18.6. The minimum atomic E-state index is -5.60. The molecular formula is C24H39N8O20P3. The number of rotatable bonds is 21. The van der Waals surface area contributed by atoms with Gasteiger partial charge < -0.3 is 55.6 Å². The molecule has 28 nitrogen and oxygen atoms in total. The van der Waals surface area contributed by atoms with E-state index in [9.17, 15) is 68.0 Å². The molecule has 310 valence electrons. The zero-order valence-electron chi connectivity index (χ0n) is 28.9. The number of hydrogen-bond acceptors (Lipinski definition) is 20. The smallest absolute Gasteiger partial charge is 0.459 e. The van der Waals surface area contributed by atoms with Crippen LogP contribution in [0.25, 0.3) is 11.2 Å². The van der Waals surface area contributed by atoms with Crippen LogP contribution in [-0.2, 0) is 55.4 Å². The van der Waals surface area contributed by atoms with Crippen LogP contribution >= 0.6 is 23.5 Å². The van der Waals surface area contributed by atoms with Crippen molar-refractivity contribution in [1.29, 1.82) is 0 Å². The number of phosphoric acid groups is 3. The van der Waals surface area contributed by atoms with Crippen LogP contribution < -0.4 is 16.4 Å². The first-order valence-electron chi connectivity index (χ1n) is 15.5. The number of phosphoric ester groups is 3. The number of nitrogen functional groups attached to an aromatic ring is 1. The number of ether oxygens (including phenoxy) is 2. The number of nitrogens with two attached hydrogens (primary N) is 1. The molecule has 1 aliphatic heterocycles. The van der Waals surface area contributed by atoms with E-state index in [4.69, 9.17) is 19.5 Å². The average molecular weight is 853 g/mol. The van der Waals surface area contributed by atoms with Crippen LogP contribution in [0.2, 0.25) is 0 Å². The minimum absolute atomic E-state index is 0.0133. The van der Waals surface area contributed by atoms with Gasteiger partial charge in [0.25, 0.3) is 0 Å². The summed E-state index contributed by atoms with van der Waals surface area (Å²) in [6, 6.07) is -1.59. The number of anilines is 1. The number of nitro groups is 1. The number of amides is 2. The summed E-state index contributed by atoms with van der Waals surface area (Å²) in [7, 11) is -16.5. The Bertz CT molecular complexity index is 1860. The Morgan fingerprint density at radius 1 is 1.09 bits per heavy atom. The molecule has 31 heteroatoms. The summed E-state index contributed by atoms with van der Waals surface area (Å²) < 4.78 is 66.4. The van der Waals surface area contributed by atoms with Gasteiger partial charge in [0.2, 0.25) is 11.8 Å². The maximum atomic E-state index is 12.6. The van der Waals surface area contributed by atoms with Crippen molar-refractivity contribution >= 4 is 58.2 Å². The first-order chi connectivity index (χ1) is 25.3. The lowest BCUT2D eigenvalue weighted by Crippen LogP contribution is -2.46. The van der Waals surface area contributed by atoms with E-state index in [1.54, 1.807) is 0 Å². The average Bonchev–Trinajstić information content (AvgIpc) is 3.64. The predicted octanol–water partition coefficient (Wildman–Crippen LogP) is -2.39. The van der Waals surface area contributed by atoms with Gasteiger partial charge in [-0.1, -0.05) is 13.8 Å². The number of carbonyl (C=O) groups is 3. The fourth-order valence-electron chi connectivity index (χ4n) is 4.49. The van der Waals surface area contributed by atoms with Crippen LogP contribution in [0.1, 0.15) is 33.4 Å². The molecule has 55 heavy (non-hydrogen) atoms. The highest BCUT2D eigenvalue weighted by molar-refractivity contribution is 7.61. The molecule has 8 atom stereocenters. The first-order valence-corrected chi connectivity index (χ1v) is 20.1. The van der Waals surface area contributed by atoms with E-state index in [1.807, 2.05) is 0 Å². The number of aromatic nitrogens is 4. The van der Waals surface area contributed by atoms with Gasteiger partial charge in [0.1, 0.15) is 42.9 Å². The van der Waals surface area contributed by atoms with E-state index >= 15 is 0 Å². The predicted molar refractivity (Wildman–Crippen MR) is 177 cm³/mol. The van der Waals surface area contributed by atoms with E-state index in [-0.39, 0.29) is 43.1 Å². The number of aliphatic hydroxyl groups excluding tert-OH is 2. The standard InChI is InChI=1S/C24H39N8O20P3/c1-12(32(38)39)23(37)47-7-6-26-14(33)4-5-27-21(36)18(35)24(2,3)9-49-55(45,46)52-54(43,44)48-8-13-17(51-53(40,41)42)16(34)22(50-13)31-11-30-15-19(25)28-10-29-20(15)31/h10-13,16-18,22,34-35H,4-9H2,1-3H3,(H,26,33)(H,27,36)(H,43,44)(H,45,46)(H2,25,28,29)(H2,40,41,42)/t12?,13-,16-,17-,18+,22-/m1/s1. The summed E-state index contributed by atoms with van der Waals surface area (Å²) in [6.07, 6.45) is -7.24. The van der Waals surface area contributed by atoms with E-state index < -0.39 is 101 Å². The van der Waals surface area contributed by atoms with Gasteiger partial charge in [-0.3, -0.25) is 37.8 Å². The number of esters is 1. The van der Waals surface area contributed by atoms with Gasteiger partial charge in [-0.25, -0.2) is 33.4 Å². The molecule has 2 aromatic heterocycles. The quantitative estimate of drug-likeness (QED) is 0.0208. The number of carbonyl (C=O) groups excluding carboxylic acids is 3. The van der Waals surface area contributed by atoms with Crippen LogP contribution in [0.5, 0.6) is 0 Å². The van der Waals surface area contributed by atoms with Gasteiger partial charge in [-0.05, 0) is 0 Å². The number of nitrogens with one attached hydrogen (secondary N) is 2. The molecule has 0 aliphatic carbocycles. The number of aliphatic hydroxyl groups is 2. The highest BCUT2D eigenvalue weighted by Crippen LogP contribution is 2.61. The lowest BCUT2D eigenvalue weighted by molar-refractivity contribution is -0.506.